The molecule has 2 rings (SSSR count). The van der Waals surface area contributed by atoms with E-state index in [1.165, 1.54) is 0 Å². The number of nitrogens with one attached hydrogen (secondary N) is 1. The van der Waals surface area contributed by atoms with E-state index in [1.54, 1.807) is 16.7 Å². The molecule has 2 amide bonds. The van der Waals surface area contributed by atoms with Crippen LogP contribution in [-0.4, -0.2) is 35.1 Å². The molecule has 174 valence electrons. The molecule has 0 bridgehead atoms. The Balaban J connectivity index is 2.05. The zero-order chi connectivity index (χ0) is 23.5. The lowest BCUT2D eigenvalue weighted by Crippen LogP contribution is -2.49. The molecule has 4 nitrogen and oxygen atoms in total. The molecule has 0 saturated carbocycles. The van der Waals surface area contributed by atoms with Gasteiger partial charge in [-0.2, -0.15) is 0 Å². The van der Waals surface area contributed by atoms with E-state index in [2.05, 4.69) is 5.32 Å². The number of amides is 2. The molecular weight excluding hydrogens is 463 g/mol. The van der Waals surface area contributed by atoms with Crippen LogP contribution in [0.1, 0.15) is 45.6 Å². The van der Waals surface area contributed by atoms with Gasteiger partial charge in [-0.25, -0.2) is 0 Å². The molecule has 0 aliphatic rings. The summed E-state index contributed by atoms with van der Waals surface area (Å²) in [5, 5.41) is 4.29. The standard InChI is InChI=1S/C25H32Cl2N2O2S/c1-4-23(25(31)28-16-18(2)3)29(17-19-8-5-6-9-22(19)27)24(30)10-7-15-32-21-13-11-20(26)12-14-21/h5-6,8-9,11-14,18,23H,4,7,10,15-17H2,1-3H3,(H,28,31). The maximum Gasteiger partial charge on any atom is 0.242 e. The van der Waals surface area contributed by atoms with Gasteiger partial charge in [0.25, 0.3) is 0 Å². The van der Waals surface area contributed by atoms with E-state index >= 15 is 0 Å². The van der Waals surface area contributed by atoms with Crippen molar-refractivity contribution in [2.24, 2.45) is 5.92 Å². The number of hydrogen-bond acceptors (Lipinski definition) is 3. The van der Waals surface area contributed by atoms with Gasteiger partial charge in [-0.15, -0.1) is 11.8 Å². The highest BCUT2D eigenvalue weighted by Crippen LogP contribution is 2.23. The predicted molar refractivity (Wildman–Crippen MR) is 135 cm³/mol. The number of carbonyl (C=O) groups is 2. The third-order valence-electron chi connectivity index (χ3n) is 4.99. The van der Waals surface area contributed by atoms with Crippen LogP contribution < -0.4 is 5.32 Å². The van der Waals surface area contributed by atoms with Crippen LogP contribution in [0.15, 0.2) is 53.4 Å². The summed E-state index contributed by atoms with van der Waals surface area (Å²) in [6.45, 7) is 6.93. The maximum atomic E-state index is 13.2. The van der Waals surface area contributed by atoms with Gasteiger partial charge in [-0.05, 0) is 60.4 Å². The van der Waals surface area contributed by atoms with Crippen molar-refractivity contribution in [3.63, 3.8) is 0 Å². The van der Waals surface area contributed by atoms with Crippen molar-refractivity contribution in [1.29, 1.82) is 0 Å². The van der Waals surface area contributed by atoms with Gasteiger partial charge < -0.3 is 10.2 Å². The molecule has 0 fully saturated rings. The monoisotopic (exact) mass is 494 g/mol. The van der Waals surface area contributed by atoms with E-state index in [9.17, 15) is 9.59 Å². The molecule has 32 heavy (non-hydrogen) atoms. The smallest absolute Gasteiger partial charge is 0.242 e. The quantitative estimate of drug-likeness (QED) is 0.272. The van der Waals surface area contributed by atoms with Crippen LogP contribution in [0.4, 0.5) is 0 Å². The topological polar surface area (TPSA) is 49.4 Å². The molecule has 0 spiro atoms. The van der Waals surface area contributed by atoms with Gasteiger partial charge in [-0.3, -0.25) is 9.59 Å². The minimum Gasteiger partial charge on any atom is -0.354 e. The summed E-state index contributed by atoms with van der Waals surface area (Å²) in [5.74, 6) is 1.00. The zero-order valence-electron chi connectivity index (χ0n) is 18.9. The van der Waals surface area contributed by atoms with E-state index in [4.69, 9.17) is 23.2 Å². The fourth-order valence-corrected chi connectivity index (χ4v) is 4.41. The summed E-state index contributed by atoms with van der Waals surface area (Å²) in [4.78, 5) is 28.9. The first-order chi connectivity index (χ1) is 15.3. The molecule has 0 aliphatic heterocycles. The van der Waals surface area contributed by atoms with Crippen LogP contribution in [0.5, 0.6) is 0 Å². The minimum atomic E-state index is -0.526. The highest BCUT2D eigenvalue weighted by molar-refractivity contribution is 7.99. The molecule has 0 aromatic heterocycles. The highest BCUT2D eigenvalue weighted by Gasteiger charge is 2.28. The van der Waals surface area contributed by atoms with Crippen molar-refractivity contribution in [2.45, 2.75) is 57.5 Å². The van der Waals surface area contributed by atoms with E-state index in [0.29, 0.717) is 41.9 Å². The normalized spacial score (nSPS) is 11.9. The fourth-order valence-electron chi connectivity index (χ4n) is 3.24. The first-order valence-electron chi connectivity index (χ1n) is 11.0. The molecule has 0 heterocycles. The molecular formula is C25H32Cl2N2O2S. The molecule has 1 atom stereocenters. The van der Waals surface area contributed by atoms with Gasteiger partial charge in [0.15, 0.2) is 0 Å². The van der Waals surface area contributed by atoms with Crippen LogP contribution in [0.2, 0.25) is 10.0 Å². The second kappa shape index (κ2) is 13.8. The Morgan fingerprint density at radius 3 is 2.38 bits per heavy atom. The van der Waals surface area contributed by atoms with Gasteiger partial charge in [0.1, 0.15) is 6.04 Å². The summed E-state index contributed by atoms with van der Waals surface area (Å²) >= 11 is 14.0. The molecule has 1 unspecified atom stereocenters. The Hall–Kier alpha value is -1.69. The van der Waals surface area contributed by atoms with Crippen LogP contribution in [0.3, 0.4) is 0 Å². The predicted octanol–water partition coefficient (Wildman–Crippen LogP) is 6.45. The van der Waals surface area contributed by atoms with Crippen molar-refractivity contribution in [3.05, 3.63) is 64.1 Å². The minimum absolute atomic E-state index is 0.0341. The zero-order valence-corrected chi connectivity index (χ0v) is 21.3. The average molecular weight is 496 g/mol. The molecule has 2 aromatic rings. The van der Waals surface area contributed by atoms with Crippen molar-refractivity contribution in [1.82, 2.24) is 10.2 Å². The number of carbonyl (C=O) groups excluding carboxylic acids is 2. The summed E-state index contributed by atoms with van der Waals surface area (Å²) in [6, 6.07) is 14.6. The van der Waals surface area contributed by atoms with Crippen molar-refractivity contribution >= 4 is 46.8 Å². The Labute approximate surface area is 206 Å². The van der Waals surface area contributed by atoms with E-state index in [1.807, 2.05) is 69.3 Å². The molecule has 7 heteroatoms. The van der Waals surface area contributed by atoms with Crippen LogP contribution in [0.25, 0.3) is 0 Å². The summed E-state index contributed by atoms with van der Waals surface area (Å²) in [5.41, 5.74) is 0.841. The lowest BCUT2D eigenvalue weighted by atomic mass is 10.1. The summed E-state index contributed by atoms with van der Waals surface area (Å²) in [6.07, 6.45) is 1.63. The Morgan fingerprint density at radius 1 is 1.06 bits per heavy atom. The van der Waals surface area contributed by atoms with Crippen molar-refractivity contribution in [3.8, 4) is 0 Å². The third kappa shape index (κ3) is 8.68. The molecule has 0 radical (unpaired) electrons. The van der Waals surface area contributed by atoms with Gasteiger partial charge >= 0.3 is 0 Å². The lowest BCUT2D eigenvalue weighted by molar-refractivity contribution is -0.141. The Bertz CT molecular complexity index is 875. The first kappa shape index (κ1) is 26.6. The maximum absolute atomic E-state index is 13.2. The third-order valence-corrected chi connectivity index (χ3v) is 6.71. The Morgan fingerprint density at radius 2 is 1.75 bits per heavy atom. The molecule has 0 aliphatic carbocycles. The summed E-state index contributed by atoms with van der Waals surface area (Å²) < 4.78 is 0. The second-order valence-electron chi connectivity index (χ2n) is 8.08. The Kier molecular flexibility index (Phi) is 11.4. The number of rotatable bonds is 12. The largest absolute Gasteiger partial charge is 0.354 e. The first-order valence-corrected chi connectivity index (χ1v) is 12.7. The second-order valence-corrected chi connectivity index (χ2v) is 10.1. The highest BCUT2D eigenvalue weighted by atomic mass is 35.5. The fraction of sp³-hybridized carbons (Fsp3) is 0.440. The van der Waals surface area contributed by atoms with Gasteiger partial charge in [0, 0.05) is 34.5 Å². The molecule has 2 aromatic carbocycles. The number of benzene rings is 2. The van der Waals surface area contributed by atoms with Crippen LogP contribution >= 0.6 is 35.0 Å². The number of halogens is 2. The van der Waals surface area contributed by atoms with E-state index in [0.717, 1.165) is 22.6 Å². The van der Waals surface area contributed by atoms with E-state index in [-0.39, 0.29) is 11.8 Å². The number of nitrogens with zero attached hydrogens (tertiary/aromatic N) is 1. The van der Waals surface area contributed by atoms with Crippen molar-refractivity contribution < 1.29 is 9.59 Å². The SMILES string of the molecule is CCC(C(=O)NCC(C)C)N(Cc1ccccc1Cl)C(=O)CCCSc1ccc(Cl)cc1. The van der Waals surface area contributed by atoms with Gasteiger partial charge in [0.05, 0.1) is 0 Å². The molecule has 0 saturated heterocycles. The van der Waals surface area contributed by atoms with Crippen molar-refractivity contribution in [2.75, 3.05) is 12.3 Å². The van der Waals surface area contributed by atoms with Gasteiger partial charge in [-0.1, -0.05) is 62.2 Å². The van der Waals surface area contributed by atoms with Crippen LogP contribution in [-0.2, 0) is 16.1 Å². The summed E-state index contributed by atoms with van der Waals surface area (Å²) in [7, 11) is 0. The van der Waals surface area contributed by atoms with E-state index < -0.39 is 6.04 Å². The number of thioether (sulfide) groups is 1. The lowest BCUT2D eigenvalue weighted by Gasteiger charge is -2.31. The average Bonchev–Trinajstić information content (AvgIpc) is 2.77. The van der Waals surface area contributed by atoms with Crippen LogP contribution in [0, 0.1) is 5.92 Å². The molecule has 1 N–H and O–H groups in total. The number of hydrogen-bond donors (Lipinski definition) is 1. The van der Waals surface area contributed by atoms with Gasteiger partial charge in [0.2, 0.25) is 11.8 Å².